The second-order valence-corrected chi connectivity index (χ2v) is 13.3. The van der Waals surface area contributed by atoms with Crippen LogP contribution in [0.4, 0.5) is 13.2 Å². The molecule has 2 N–H and O–H groups in total. The number of nitrogens with one attached hydrogen (secondary N) is 2. The van der Waals surface area contributed by atoms with E-state index in [-0.39, 0.29) is 41.0 Å². The molecule has 5 atom stereocenters. The predicted molar refractivity (Wildman–Crippen MR) is 151 cm³/mol. The van der Waals surface area contributed by atoms with Crippen molar-refractivity contribution in [2.24, 2.45) is 17.3 Å². The second kappa shape index (κ2) is 11.0. The van der Waals surface area contributed by atoms with E-state index in [1.54, 1.807) is 17.9 Å². The molecule has 0 aromatic carbocycles. The summed E-state index contributed by atoms with van der Waals surface area (Å²) in [4.78, 5) is 18.4. The number of aromatic nitrogens is 2. The third kappa shape index (κ3) is 5.15. The minimum Gasteiger partial charge on any atom is -0.381 e. The topological polar surface area (TPSA) is 66.2 Å². The molecule has 2 aromatic heterocycles. The molecule has 6 rings (SSSR count). The van der Waals surface area contributed by atoms with Crippen molar-refractivity contribution in [3.63, 3.8) is 0 Å². The van der Waals surface area contributed by atoms with Crippen molar-refractivity contribution in [3.8, 4) is 0 Å². The smallest absolute Gasteiger partial charge is 0.381 e. The maximum Gasteiger partial charge on any atom is 0.418 e. The van der Waals surface area contributed by atoms with Gasteiger partial charge in [-0.05, 0) is 88.9 Å². The third-order valence-corrected chi connectivity index (χ3v) is 10.8. The minimum absolute atomic E-state index is 0.00826. The largest absolute Gasteiger partial charge is 0.418 e. The molecular formula is C30H45F3N6O2. The molecule has 4 heterocycles. The quantitative estimate of drug-likeness (QED) is 0.516. The van der Waals surface area contributed by atoms with Gasteiger partial charge in [-0.3, -0.25) is 18.8 Å². The van der Waals surface area contributed by atoms with Crippen LogP contribution in [-0.4, -0.2) is 65.0 Å². The molecule has 4 fully saturated rings. The van der Waals surface area contributed by atoms with E-state index in [0.29, 0.717) is 17.4 Å². The van der Waals surface area contributed by atoms with Gasteiger partial charge >= 0.3 is 11.9 Å². The SMILES string of the molecule is COC1CC(C2CCCC(n3cc4c(C(F)(F)F)cc([C@@H](C)N5CCC[C@H](C)C5)cn4c3=O)C2)(C2NNCN2C)C1. The number of pyridine rings is 1. The summed E-state index contributed by atoms with van der Waals surface area (Å²) in [5, 5.41) is 0. The van der Waals surface area contributed by atoms with E-state index in [9.17, 15) is 18.0 Å². The van der Waals surface area contributed by atoms with Crippen molar-refractivity contribution < 1.29 is 17.9 Å². The molecule has 228 valence electrons. The van der Waals surface area contributed by atoms with Gasteiger partial charge in [0.25, 0.3) is 0 Å². The summed E-state index contributed by atoms with van der Waals surface area (Å²) >= 11 is 0. The van der Waals surface area contributed by atoms with Crippen LogP contribution in [0.1, 0.15) is 88.4 Å². The lowest BCUT2D eigenvalue weighted by molar-refractivity contribution is -0.140. The van der Waals surface area contributed by atoms with Crippen LogP contribution in [-0.2, 0) is 10.9 Å². The van der Waals surface area contributed by atoms with Gasteiger partial charge in [-0.25, -0.2) is 15.6 Å². The highest BCUT2D eigenvalue weighted by atomic mass is 19.4. The monoisotopic (exact) mass is 578 g/mol. The van der Waals surface area contributed by atoms with Crippen LogP contribution in [0.15, 0.2) is 23.3 Å². The van der Waals surface area contributed by atoms with Crippen molar-refractivity contribution in [1.29, 1.82) is 0 Å². The Morgan fingerprint density at radius 1 is 1.15 bits per heavy atom. The van der Waals surface area contributed by atoms with Gasteiger partial charge in [0.05, 0.1) is 30.0 Å². The van der Waals surface area contributed by atoms with Gasteiger partial charge < -0.3 is 4.74 Å². The molecule has 3 unspecified atom stereocenters. The maximum absolute atomic E-state index is 14.4. The fraction of sp³-hybridized carbons (Fsp3) is 0.767. The van der Waals surface area contributed by atoms with Gasteiger partial charge in [0.1, 0.15) is 0 Å². The summed E-state index contributed by atoms with van der Waals surface area (Å²) in [6, 6.07) is 0.939. The highest BCUT2D eigenvalue weighted by molar-refractivity contribution is 5.56. The number of fused-ring (bicyclic) bond motifs is 1. The molecule has 2 aromatic rings. The van der Waals surface area contributed by atoms with Crippen LogP contribution in [0.2, 0.25) is 0 Å². The van der Waals surface area contributed by atoms with Crippen LogP contribution >= 0.6 is 0 Å². The third-order valence-electron chi connectivity index (χ3n) is 10.8. The Morgan fingerprint density at radius 3 is 2.59 bits per heavy atom. The number of nitrogens with zero attached hydrogens (tertiary/aromatic N) is 4. The van der Waals surface area contributed by atoms with Crippen LogP contribution < -0.4 is 16.5 Å². The van der Waals surface area contributed by atoms with Crippen molar-refractivity contribution in [3.05, 3.63) is 40.1 Å². The average Bonchev–Trinajstić information content (AvgIpc) is 3.50. The van der Waals surface area contributed by atoms with Gasteiger partial charge in [0, 0.05) is 43.5 Å². The van der Waals surface area contributed by atoms with E-state index in [4.69, 9.17) is 4.74 Å². The van der Waals surface area contributed by atoms with E-state index < -0.39 is 11.7 Å². The van der Waals surface area contributed by atoms with Crippen molar-refractivity contribution in [2.75, 3.05) is 33.9 Å². The molecule has 2 saturated carbocycles. The molecule has 0 spiro atoms. The Hall–Kier alpha value is -1.92. The molecule has 2 aliphatic heterocycles. The van der Waals surface area contributed by atoms with E-state index in [2.05, 4.69) is 34.6 Å². The first-order chi connectivity index (χ1) is 19.5. The lowest BCUT2D eigenvalue weighted by Gasteiger charge is -2.57. The average molecular weight is 579 g/mol. The number of rotatable bonds is 6. The van der Waals surface area contributed by atoms with Gasteiger partial charge in [-0.1, -0.05) is 13.3 Å². The van der Waals surface area contributed by atoms with E-state index in [1.165, 1.54) is 16.7 Å². The van der Waals surface area contributed by atoms with E-state index in [0.717, 1.165) is 71.1 Å². The molecule has 0 bridgehead atoms. The summed E-state index contributed by atoms with van der Waals surface area (Å²) < 4.78 is 51.9. The van der Waals surface area contributed by atoms with Gasteiger partial charge in [0.15, 0.2) is 0 Å². The highest BCUT2D eigenvalue weighted by Crippen LogP contribution is 2.57. The zero-order valence-corrected chi connectivity index (χ0v) is 24.7. The van der Waals surface area contributed by atoms with Crippen LogP contribution in [0.3, 0.4) is 0 Å². The van der Waals surface area contributed by atoms with E-state index in [1.807, 2.05) is 6.92 Å². The van der Waals surface area contributed by atoms with Gasteiger partial charge in [-0.2, -0.15) is 13.2 Å². The molecule has 8 nitrogen and oxygen atoms in total. The van der Waals surface area contributed by atoms with Crippen LogP contribution in [0.5, 0.6) is 0 Å². The number of hydrogen-bond donors (Lipinski definition) is 2. The number of halogens is 3. The fourth-order valence-corrected chi connectivity index (χ4v) is 8.46. The minimum atomic E-state index is -4.55. The Labute approximate surface area is 240 Å². The first-order valence-corrected chi connectivity index (χ1v) is 15.3. The molecular weight excluding hydrogens is 533 g/mol. The Morgan fingerprint density at radius 2 is 1.93 bits per heavy atom. The lowest BCUT2D eigenvalue weighted by atomic mass is 9.54. The van der Waals surface area contributed by atoms with Crippen molar-refractivity contribution in [2.45, 2.75) is 95.7 Å². The van der Waals surface area contributed by atoms with Gasteiger partial charge in [-0.15, -0.1) is 0 Å². The number of hydrazine groups is 1. The maximum atomic E-state index is 14.4. The normalized spacial score (nSPS) is 34.7. The standard InChI is InChI=1S/C30H45F3N6O2/c1-19-7-6-10-37(15-19)20(2)21-11-25(30(31,32)33)26-17-38(28(40)39(26)16-21)23-9-5-8-22(12-23)29(13-24(14-29)41-4)27-35-34-18-36(27)3/h11,16-17,19-20,22-24,27,34-35H,5-10,12-15,18H2,1-4H3/t19-,20+,22?,23?,24?,27?,29?/m0/s1. The summed E-state index contributed by atoms with van der Waals surface area (Å²) in [6.07, 6.45) is 6.54. The predicted octanol–water partition coefficient (Wildman–Crippen LogP) is 4.76. The molecule has 2 aliphatic carbocycles. The molecule has 0 radical (unpaired) electrons. The molecule has 11 heteroatoms. The number of methoxy groups -OCH3 is 1. The molecule has 0 amide bonds. The second-order valence-electron chi connectivity index (χ2n) is 13.3. The lowest BCUT2D eigenvalue weighted by Crippen LogP contribution is -2.62. The fourth-order valence-electron chi connectivity index (χ4n) is 8.46. The Bertz CT molecular complexity index is 1300. The number of ether oxygens (including phenoxy) is 1. The Balaban J connectivity index is 1.34. The zero-order valence-electron chi connectivity index (χ0n) is 24.7. The number of alkyl halides is 3. The highest BCUT2D eigenvalue weighted by Gasteiger charge is 2.57. The van der Waals surface area contributed by atoms with E-state index >= 15 is 0 Å². The summed E-state index contributed by atoms with van der Waals surface area (Å²) in [5.41, 5.74) is 6.13. The Kier molecular flexibility index (Phi) is 7.80. The summed E-state index contributed by atoms with van der Waals surface area (Å²) in [6.45, 7) is 6.61. The number of hydrogen-bond acceptors (Lipinski definition) is 6. The molecule has 2 saturated heterocycles. The molecule has 41 heavy (non-hydrogen) atoms. The van der Waals surface area contributed by atoms with Crippen molar-refractivity contribution in [1.82, 2.24) is 29.6 Å². The summed E-state index contributed by atoms with van der Waals surface area (Å²) in [5.74, 6) is 0.842. The number of imidazole rings is 1. The first kappa shape index (κ1) is 29.2. The van der Waals surface area contributed by atoms with Gasteiger partial charge in [0.2, 0.25) is 0 Å². The summed E-state index contributed by atoms with van der Waals surface area (Å²) in [7, 11) is 3.86. The number of likely N-dealkylation sites (tertiary alicyclic amines) is 1. The molecule has 4 aliphatic rings. The zero-order chi connectivity index (χ0) is 29.1. The van der Waals surface area contributed by atoms with Crippen LogP contribution in [0.25, 0.3) is 5.52 Å². The number of piperidine rings is 1. The first-order valence-electron chi connectivity index (χ1n) is 15.3. The van der Waals surface area contributed by atoms with Crippen molar-refractivity contribution >= 4 is 5.52 Å². The van der Waals surface area contributed by atoms with Crippen LogP contribution in [0, 0.1) is 17.3 Å².